The quantitative estimate of drug-likeness (QED) is 0.688. The minimum absolute atomic E-state index is 0.529. The highest BCUT2D eigenvalue weighted by molar-refractivity contribution is 6.47. The molecule has 64 valence electrons. The molecule has 0 unspecified atom stereocenters. The zero-order valence-corrected chi connectivity index (χ0v) is 7.07. The van der Waals surface area contributed by atoms with Crippen LogP contribution in [-0.2, 0) is 0 Å². The van der Waals surface area contributed by atoms with Crippen LogP contribution in [-0.4, -0.2) is 16.4 Å². The van der Waals surface area contributed by atoms with E-state index in [4.69, 9.17) is 5.41 Å². The third-order valence-electron chi connectivity index (χ3n) is 1.82. The van der Waals surface area contributed by atoms with Crippen molar-refractivity contribution in [1.82, 2.24) is 4.98 Å². The van der Waals surface area contributed by atoms with Crippen LogP contribution in [0.25, 0.3) is 0 Å². The summed E-state index contributed by atoms with van der Waals surface area (Å²) >= 11 is 0. The first-order valence-electron chi connectivity index (χ1n) is 4.10. The number of nitrogens with zero attached hydrogens (tertiary/aromatic N) is 2. The number of aromatic nitrogens is 1. The van der Waals surface area contributed by atoms with Gasteiger partial charge in [0.25, 0.3) is 0 Å². The summed E-state index contributed by atoms with van der Waals surface area (Å²) in [5.41, 5.74) is 1.99. The van der Waals surface area contributed by atoms with Crippen LogP contribution in [0.2, 0.25) is 0 Å². The molecule has 13 heavy (non-hydrogen) atoms. The Morgan fingerprint density at radius 3 is 2.92 bits per heavy atom. The standard InChI is InChI=1S/C10H9N3/c11-8-4-3-7-13-10(8)9-5-1-2-6-12-9/h1-3,5-7,11H,4H2. The molecule has 0 atom stereocenters. The van der Waals surface area contributed by atoms with Gasteiger partial charge in [0.1, 0.15) is 5.71 Å². The molecule has 3 nitrogen and oxygen atoms in total. The summed E-state index contributed by atoms with van der Waals surface area (Å²) < 4.78 is 0. The molecule has 0 aromatic carbocycles. The molecule has 0 spiro atoms. The van der Waals surface area contributed by atoms with Crippen molar-refractivity contribution in [3.8, 4) is 0 Å². The fourth-order valence-corrected chi connectivity index (χ4v) is 1.20. The maximum atomic E-state index is 7.66. The molecule has 0 bridgehead atoms. The fraction of sp³-hybridized carbons (Fsp3) is 0.100. The van der Waals surface area contributed by atoms with Gasteiger partial charge in [-0.3, -0.25) is 9.98 Å². The average Bonchev–Trinajstić information content (AvgIpc) is 2.20. The topological polar surface area (TPSA) is 49.1 Å². The zero-order valence-electron chi connectivity index (χ0n) is 7.07. The van der Waals surface area contributed by atoms with Gasteiger partial charge in [-0.05, 0) is 12.1 Å². The molecule has 1 aromatic heterocycles. The summed E-state index contributed by atoms with van der Waals surface area (Å²) in [6.07, 6.45) is 5.95. The molecule has 0 saturated heterocycles. The number of nitrogens with one attached hydrogen (secondary N) is 1. The van der Waals surface area contributed by atoms with E-state index in [9.17, 15) is 0 Å². The van der Waals surface area contributed by atoms with Gasteiger partial charge in [-0.1, -0.05) is 12.1 Å². The van der Waals surface area contributed by atoms with E-state index >= 15 is 0 Å². The Morgan fingerprint density at radius 2 is 2.23 bits per heavy atom. The highest BCUT2D eigenvalue weighted by Crippen LogP contribution is 2.06. The molecule has 0 amide bonds. The number of pyridine rings is 1. The highest BCUT2D eigenvalue weighted by Gasteiger charge is 2.11. The molecule has 0 radical (unpaired) electrons. The Hall–Kier alpha value is -1.77. The molecule has 1 aliphatic heterocycles. The van der Waals surface area contributed by atoms with E-state index in [1.54, 1.807) is 12.4 Å². The molecule has 1 aromatic rings. The Kier molecular flexibility index (Phi) is 2.00. The summed E-state index contributed by atoms with van der Waals surface area (Å²) in [4.78, 5) is 8.28. The first kappa shape index (κ1) is 7.86. The van der Waals surface area contributed by atoms with Gasteiger partial charge in [0.05, 0.1) is 11.4 Å². The summed E-state index contributed by atoms with van der Waals surface area (Å²) in [7, 11) is 0. The van der Waals surface area contributed by atoms with Crippen LogP contribution in [0.4, 0.5) is 0 Å². The lowest BCUT2D eigenvalue weighted by Gasteiger charge is -2.07. The molecule has 2 heterocycles. The van der Waals surface area contributed by atoms with E-state index in [1.807, 2.05) is 24.3 Å². The second-order valence-corrected chi connectivity index (χ2v) is 2.76. The molecule has 2 rings (SSSR count). The van der Waals surface area contributed by atoms with Crippen molar-refractivity contribution in [2.75, 3.05) is 0 Å². The second kappa shape index (κ2) is 3.31. The Bertz CT molecular complexity index is 376. The maximum Gasteiger partial charge on any atom is 0.110 e. The first-order chi connectivity index (χ1) is 6.38. The van der Waals surface area contributed by atoms with Crippen molar-refractivity contribution >= 4 is 11.4 Å². The maximum absolute atomic E-state index is 7.66. The number of rotatable bonds is 1. The third-order valence-corrected chi connectivity index (χ3v) is 1.82. The normalized spacial score (nSPS) is 15.7. The average molecular weight is 171 g/mol. The summed E-state index contributed by atoms with van der Waals surface area (Å²) in [6.45, 7) is 0. The Balaban J connectivity index is 2.41. The van der Waals surface area contributed by atoms with E-state index in [2.05, 4.69) is 9.98 Å². The highest BCUT2D eigenvalue weighted by atomic mass is 14.8. The zero-order chi connectivity index (χ0) is 9.10. The van der Waals surface area contributed by atoms with E-state index in [1.165, 1.54) is 0 Å². The third kappa shape index (κ3) is 1.54. The predicted molar refractivity (Wildman–Crippen MR) is 52.3 cm³/mol. The number of hydrogen-bond donors (Lipinski definition) is 1. The predicted octanol–water partition coefficient (Wildman–Crippen LogP) is 1.81. The lowest BCUT2D eigenvalue weighted by atomic mass is 10.1. The van der Waals surface area contributed by atoms with Gasteiger partial charge >= 0.3 is 0 Å². The van der Waals surface area contributed by atoms with Gasteiger partial charge in [-0.2, -0.15) is 0 Å². The van der Waals surface area contributed by atoms with Gasteiger partial charge in [0.15, 0.2) is 0 Å². The van der Waals surface area contributed by atoms with E-state index in [0.29, 0.717) is 17.8 Å². The molecule has 3 heteroatoms. The summed E-state index contributed by atoms with van der Waals surface area (Å²) in [6, 6.07) is 5.62. The first-order valence-corrected chi connectivity index (χ1v) is 4.10. The molecule has 0 fully saturated rings. The van der Waals surface area contributed by atoms with Gasteiger partial charge in [0, 0.05) is 18.8 Å². The SMILES string of the molecule is N=C1CC=CN=C1c1ccccn1. The van der Waals surface area contributed by atoms with Crippen LogP contribution in [0.5, 0.6) is 0 Å². The second-order valence-electron chi connectivity index (χ2n) is 2.76. The Morgan fingerprint density at radius 1 is 1.31 bits per heavy atom. The van der Waals surface area contributed by atoms with Crippen molar-refractivity contribution in [2.24, 2.45) is 4.99 Å². The minimum Gasteiger partial charge on any atom is -0.303 e. The van der Waals surface area contributed by atoms with Gasteiger partial charge in [-0.25, -0.2) is 0 Å². The van der Waals surface area contributed by atoms with Crippen molar-refractivity contribution < 1.29 is 0 Å². The van der Waals surface area contributed by atoms with E-state index < -0.39 is 0 Å². The molecule has 1 N–H and O–H groups in total. The van der Waals surface area contributed by atoms with E-state index in [-0.39, 0.29) is 0 Å². The number of allylic oxidation sites excluding steroid dienone is 1. The lowest BCUT2D eigenvalue weighted by molar-refractivity contribution is 1.26. The van der Waals surface area contributed by atoms with E-state index in [0.717, 1.165) is 5.69 Å². The van der Waals surface area contributed by atoms with Gasteiger partial charge < -0.3 is 5.41 Å². The molecular weight excluding hydrogens is 162 g/mol. The molecule has 1 aliphatic rings. The number of hydrogen-bond acceptors (Lipinski definition) is 3. The minimum atomic E-state index is 0.529. The van der Waals surface area contributed by atoms with Crippen LogP contribution in [0, 0.1) is 5.41 Å². The van der Waals surface area contributed by atoms with Crippen LogP contribution >= 0.6 is 0 Å². The van der Waals surface area contributed by atoms with Crippen LogP contribution in [0.1, 0.15) is 12.1 Å². The fourth-order valence-electron chi connectivity index (χ4n) is 1.20. The monoisotopic (exact) mass is 171 g/mol. The summed E-state index contributed by atoms with van der Waals surface area (Å²) in [5, 5.41) is 7.66. The van der Waals surface area contributed by atoms with Gasteiger partial charge in [-0.15, -0.1) is 0 Å². The van der Waals surface area contributed by atoms with Crippen molar-refractivity contribution in [3.05, 3.63) is 42.4 Å². The molecular formula is C10H9N3. The summed E-state index contributed by atoms with van der Waals surface area (Å²) in [5.74, 6) is 0. The molecule has 0 saturated carbocycles. The van der Waals surface area contributed by atoms with Crippen LogP contribution in [0.15, 0.2) is 41.7 Å². The van der Waals surface area contributed by atoms with Crippen LogP contribution in [0.3, 0.4) is 0 Å². The lowest BCUT2D eigenvalue weighted by Crippen LogP contribution is -2.16. The van der Waals surface area contributed by atoms with Crippen LogP contribution < -0.4 is 0 Å². The van der Waals surface area contributed by atoms with Crippen molar-refractivity contribution in [3.63, 3.8) is 0 Å². The Labute approximate surface area is 76.4 Å². The molecule has 0 aliphatic carbocycles. The van der Waals surface area contributed by atoms with Crippen molar-refractivity contribution in [2.45, 2.75) is 6.42 Å². The smallest absolute Gasteiger partial charge is 0.110 e. The number of aliphatic imine (C=N–C) groups is 1. The van der Waals surface area contributed by atoms with Crippen molar-refractivity contribution in [1.29, 1.82) is 5.41 Å². The largest absolute Gasteiger partial charge is 0.303 e. The van der Waals surface area contributed by atoms with Gasteiger partial charge in [0.2, 0.25) is 0 Å².